The van der Waals surface area contributed by atoms with Crippen molar-refractivity contribution in [2.45, 2.75) is 32.7 Å². The number of ether oxygens (including phenoxy) is 2. The van der Waals surface area contributed by atoms with Gasteiger partial charge >= 0.3 is 18.0 Å². The van der Waals surface area contributed by atoms with E-state index in [4.69, 9.17) is 9.47 Å². The van der Waals surface area contributed by atoms with Gasteiger partial charge in [-0.05, 0) is 57.5 Å². The molecule has 1 aromatic carbocycles. The van der Waals surface area contributed by atoms with Crippen molar-refractivity contribution in [3.8, 4) is 0 Å². The first-order valence-electron chi connectivity index (χ1n) is 10.5. The molecule has 2 aliphatic rings. The zero-order chi connectivity index (χ0) is 22.4. The van der Waals surface area contributed by atoms with E-state index in [0.29, 0.717) is 50.3 Å². The third-order valence-electron chi connectivity index (χ3n) is 5.42. The molecule has 2 N–H and O–H groups in total. The second kappa shape index (κ2) is 10.4. The van der Waals surface area contributed by atoms with E-state index in [1.165, 1.54) is 18.2 Å². The van der Waals surface area contributed by atoms with Crippen molar-refractivity contribution in [2.75, 3.05) is 32.8 Å². The van der Waals surface area contributed by atoms with Crippen LogP contribution in [0.5, 0.6) is 0 Å². The molecular formula is C22H28FN3O5. The number of nitrogens with one attached hydrogen (secondary N) is 2. The summed E-state index contributed by atoms with van der Waals surface area (Å²) in [4.78, 5) is 39.2. The van der Waals surface area contributed by atoms with Gasteiger partial charge in [-0.15, -0.1) is 0 Å². The lowest BCUT2D eigenvalue weighted by Crippen LogP contribution is -2.49. The standard InChI is InChI=1S/C22H28FN3O5/c1-3-30-20(27)14-8-10-26(11-9-14)13-17-18(21(28)31-4-2)19(25-22(29)24-17)15-6-5-7-16(23)12-15/h5-7,12,14,19H,3-4,8-11,13H2,1-2H3,(H2,24,25,29)/t19-/m0/s1. The predicted octanol–water partition coefficient (Wildman–Crippen LogP) is 2.27. The van der Waals surface area contributed by atoms with Gasteiger partial charge in [0.2, 0.25) is 0 Å². The highest BCUT2D eigenvalue weighted by Crippen LogP contribution is 2.29. The van der Waals surface area contributed by atoms with Crippen LogP contribution in [0, 0.1) is 11.7 Å². The average molecular weight is 433 g/mol. The third kappa shape index (κ3) is 5.61. The SMILES string of the molecule is CCOC(=O)C1=C(CN2CCC(C(=O)OCC)CC2)NC(=O)N[C@H]1c1cccc(F)c1. The lowest BCUT2D eigenvalue weighted by molar-refractivity contribution is -0.149. The molecule has 168 valence electrons. The van der Waals surface area contributed by atoms with Gasteiger partial charge in [-0.3, -0.25) is 9.69 Å². The Balaban J connectivity index is 1.83. The van der Waals surface area contributed by atoms with Gasteiger partial charge in [0.05, 0.1) is 30.7 Å². The first-order chi connectivity index (χ1) is 14.9. The summed E-state index contributed by atoms with van der Waals surface area (Å²) in [5.74, 6) is -1.36. The molecule has 0 saturated carbocycles. The molecule has 9 heteroatoms. The fourth-order valence-corrected chi connectivity index (χ4v) is 3.94. The fraction of sp³-hybridized carbons (Fsp3) is 0.500. The summed E-state index contributed by atoms with van der Waals surface area (Å²) >= 11 is 0. The maximum atomic E-state index is 13.8. The monoisotopic (exact) mass is 433 g/mol. The second-order valence-electron chi connectivity index (χ2n) is 7.50. The summed E-state index contributed by atoms with van der Waals surface area (Å²) in [7, 11) is 0. The molecule has 1 atom stereocenters. The zero-order valence-corrected chi connectivity index (χ0v) is 17.8. The van der Waals surface area contributed by atoms with Crippen molar-refractivity contribution < 1.29 is 28.2 Å². The minimum absolute atomic E-state index is 0.141. The van der Waals surface area contributed by atoms with Crippen LogP contribution in [0.15, 0.2) is 35.5 Å². The number of urea groups is 1. The number of piperidine rings is 1. The Hall–Kier alpha value is -2.94. The minimum Gasteiger partial charge on any atom is -0.466 e. The lowest BCUT2D eigenvalue weighted by Gasteiger charge is -2.35. The quantitative estimate of drug-likeness (QED) is 0.641. The number of carbonyl (C=O) groups excluding carboxylic acids is 3. The van der Waals surface area contributed by atoms with Crippen molar-refractivity contribution in [2.24, 2.45) is 5.92 Å². The first kappa shape index (κ1) is 22.7. The molecule has 0 aliphatic carbocycles. The van der Waals surface area contributed by atoms with Crippen LogP contribution in [0.1, 0.15) is 38.3 Å². The van der Waals surface area contributed by atoms with Crippen LogP contribution in [0.4, 0.5) is 9.18 Å². The number of esters is 2. The maximum absolute atomic E-state index is 13.8. The number of hydrogen-bond acceptors (Lipinski definition) is 6. The van der Waals surface area contributed by atoms with E-state index >= 15 is 0 Å². The van der Waals surface area contributed by atoms with Gasteiger partial charge in [0.1, 0.15) is 5.82 Å². The van der Waals surface area contributed by atoms with Crippen molar-refractivity contribution in [3.05, 3.63) is 46.9 Å². The second-order valence-corrected chi connectivity index (χ2v) is 7.50. The van der Waals surface area contributed by atoms with E-state index in [1.54, 1.807) is 19.9 Å². The summed E-state index contributed by atoms with van der Waals surface area (Å²) in [6.45, 7) is 5.56. The van der Waals surface area contributed by atoms with E-state index in [9.17, 15) is 18.8 Å². The normalized spacial score (nSPS) is 20.1. The number of amides is 2. The third-order valence-corrected chi connectivity index (χ3v) is 5.42. The van der Waals surface area contributed by atoms with Crippen molar-refractivity contribution >= 4 is 18.0 Å². The van der Waals surface area contributed by atoms with Gasteiger partial charge in [-0.2, -0.15) is 0 Å². The van der Waals surface area contributed by atoms with Crippen LogP contribution in [-0.2, 0) is 19.1 Å². The largest absolute Gasteiger partial charge is 0.466 e. The van der Waals surface area contributed by atoms with Crippen molar-refractivity contribution in [3.63, 3.8) is 0 Å². The Kier molecular flexibility index (Phi) is 7.62. The molecule has 2 amide bonds. The molecule has 2 heterocycles. The Morgan fingerprint density at radius 1 is 1.16 bits per heavy atom. The molecule has 31 heavy (non-hydrogen) atoms. The van der Waals surface area contributed by atoms with Crippen molar-refractivity contribution in [1.82, 2.24) is 15.5 Å². The van der Waals surface area contributed by atoms with E-state index in [1.807, 2.05) is 0 Å². The van der Waals surface area contributed by atoms with Crippen LogP contribution in [0.25, 0.3) is 0 Å². The van der Waals surface area contributed by atoms with Gasteiger partial charge in [0, 0.05) is 12.2 Å². The predicted molar refractivity (Wildman–Crippen MR) is 110 cm³/mol. The Morgan fingerprint density at radius 2 is 1.87 bits per heavy atom. The highest BCUT2D eigenvalue weighted by molar-refractivity contribution is 5.95. The molecule has 0 bridgehead atoms. The Labute approximate surface area is 180 Å². The van der Waals surface area contributed by atoms with Gasteiger partial charge < -0.3 is 20.1 Å². The molecule has 1 aromatic rings. The number of rotatable bonds is 7. The molecule has 1 fully saturated rings. The van der Waals surface area contributed by atoms with Gasteiger partial charge in [-0.1, -0.05) is 12.1 Å². The lowest BCUT2D eigenvalue weighted by atomic mass is 9.93. The number of carbonyl (C=O) groups is 3. The van der Waals surface area contributed by atoms with E-state index in [2.05, 4.69) is 15.5 Å². The van der Waals surface area contributed by atoms with Crippen molar-refractivity contribution in [1.29, 1.82) is 0 Å². The number of hydrogen-bond donors (Lipinski definition) is 2. The van der Waals surface area contributed by atoms with Crippen LogP contribution < -0.4 is 10.6 Å². The van der Waals surface area contributed by atoms with E-state index < -0.39 is 23.9 Å². The maximum Gasteiger partial charge on any atom is 0.338 e. The molecule has 1 saturated heterocycles. The fourth-order valence-electron chi connectivity index (χ4n) is 3.94. The van der Waals surface area contributed by atoms with Gasteiger partial charge in [0.15, 0.2) is 0 Å². The summed E-state index contributed by atoms with van der Waals surface area (Å²) in [5.41, 5.74) is 1.13. The molecule has 0 spiro atoms. The first-order valence-corrected chi connectivity index (χ1v) is 10.5. The number of benzene rings is 1. The highest BCUT2D eigenvalue weighted by atomic mass is 19.1. The van der Waals surface area contributed by atoms with Crippen LogP contribution in [-0.4, -0.2) is 55.7 Å². The Bertz CT molecular complexity index is 864. The average Bonchev–Trinajstić information content (AvgIpc) is 2.74. The summed E-state index contributed by atoms with van der Waals surface area (Å²) in [6, 6.07) is 4.48. The molecule has 0 radical (unpaired) electrons. The molecule has 3 rings (SSSR count). The molecular weight excluding hydrogens is 405 g/mol. The van der Waals surface area contributed by atoms with E-state index in [-0.39, 0.29) is 24.1 Å². The summed E-state index contributed by atoms with van der Waals surface area (Å²) in [6.07, 6.45) is 1.28. The highest BCUT2D eigenvalue weighted by Gasteiger charge is 2.35. The van der Waals surface area contributed by atoms with Crippen LogP contribution in [0.3, 0.4) is 0 Å². The Morgan fingerprint density at radius 3 is 2.52 bits per heavy atom. The molecule has 0 aromatic heterocycles. The van der Waals surface area contributed by atoms with E-state index in [0.717, 1.165) is 0 Å². The number of likely N-dealkylation sites (tertiary alicyclic amines) is 1. The topological polar surface area (TPSA) is 97.0 Å². The number of halogens is 1. The summed E-state index contributed by atoms with van der Waals surface area (Å²) < 4.78 is 24.2. The minimum atomic E-state index is -0.824. The summed E-state index contributed by atoms with van der Waals surface area (Å²) in [5, 5.41) is 5.42. The molecule has 8 nitrogen and oxygen atoms in total. The van der Waals surface area contributed by atoms with Gasteiger partial charge in [0.25, 0.3) is 0 Å². The zero-order valence-electron chi connectivity index (χ0n) is 17.8. The molecule has 0 unspecified atom stereocenters. The van der Waals surface area contributed by atoms with Crippen LogP contribution >= 0.6 is 0 Å². The van der Waals surface area contributed by atoms with Gasteiger partial charge in [-0.25, -0.2) is 14.0 Å². The molecule has 2 aliphatic heterocycles. The number of nitrogens with zero attached hydrogens (tertiary/aromatic N) is 1. The van der Waals surface area contributed by atoms with Crippen LogP contribution in [0.2, 0.25) is 0 Å². The smallest absolute Gasteiger partial charge is 0.338 e.